The van der Waals surface area contributed by atoms with Crippen molar-refractivity contribution in [1.29, 1.82) is 0 Å². The molecule has 0 saturated heterocycles. The summed E-state index contributed by atoms with van der Waals surface area (Å²) < 4.78 is 43.7. The molecule has 0 saturated carbocycles. The number of hydrazone groups is 1. The van der Waals surface area contributed by atoms with E-state index < -0.39 is 38.7 Å². The van der Waals surface area contributed by atoms with E-state index in [1.165, 1.54) is 30.5 Å². The van der Waals surface area contributed by atoms with Crippen molar-refractivity contribution in [3.8, 4) is 11.5 Å². The van der Waals surface area contributed by atoms with Gasteiger partial charge < -0.3 is 10.6 Å². The molecule has 9 nitrogen and oxygen atoms in total. The molecule has 0 heterocycles. The minimum Gasteiger partial charge on any atom is -0.444 e. The summed E-state index contributed by atoms with van der Waals surface area (Å²) in [5.74, 6) is 4.00. The number of nitro benzene ring substituents is 2. The summed E-state index contributed by atoms with van der Waals surface area (Å²) in [4.78, 5) is 19.8. The first kappa shape index (κ1) is 18.6. The summed E-state index contributed by atoms with van der Waals surface area (Å²) in [7, 11) is 0. The molecule has 0 bridgehead atoms. The maximum atomic E-state index is 12.8. The van der Waals surface area contributed by atoms with E-state index in [1.54, 1.807) is 0 Å². The zero-order valence-electron chi connectivity index (χ0n) is 12.6. The first-order valence-corrected chi connectivity index (χ1v) is 6.68. The minimum atomic E-state index is -5.00. The maximum absolute atomic E-state index is 12.8. The van der Waals surface area contributed by atoms with E-state index in [2.05, 4.69) is 5.10 Å². The Morgan fingerprint density at radius 1 is 1.04 bits per heavy atom. The number of alkyl halides is 3. The Morgan fingerprint density at radius 3 is 1.92 bits per heavy atom. The molecule has 0 amide bonds. The molecule has 0 aliphatic heterocycles. The fraction of sp³-hybridized carbons (Fsp3) is 0.0714. The second-order valence-electron chi connectivity index (χ2n) is 4.80. The molecule has 2 aromatic carbocycles. The van der Waals surface area contributed by atoms with E-state index in [1.807, 2.05) is 0 Å². The Balaban J connectivity index is 2.58. The van der Waals surface area contributed by atoms with E-state index in [4.69, 9.17) is 10.6 Å². The quantitative estimate of drug-likeness (QED) is 0.370. The first-order chi connectivity index (χ1) is 12.1. The highest BCUT2D eigenvalue weighted by molar-refractivity contribution is 5.79. The van der Waals surface area contributed by atoms with E-state index in [0.717, 1.165) is 0 Å². The average Bonchev–Trinajstić information content (AvgIpc) is 2.55. The van der Waals surface area contributed by atoms with Crippen molar-refractivity contribution in [1.82, 2.24) is 0 Å². The van der Waals surface area contributed by atoms with Gasteiger partial charge in [-0.05, 0) is 29.8 Å². The summed E-state index contributed by atoms with van der Waals surface area (Å²) in [5, 5.41) is 25.5. The highest BCUT2D eigenvalue weighted by Gasteiger charge is 2.38. The van der Waals surface area contributed by atoms with Crippen LogP contribution >= 0.6 is 0 Å². The van der Waals surface area contributed by atoms with Crippen LogP contribution in [-0.4, -0.2) is 16.1 Å². The van der Waals surface area contributed by atoms with Crippen LogP contribution in [0.25, 0.3) is 0 Å². The molecular formula is C14H9F3N4O5. The molecule has 2 aromatic rings. The van der Waals surface area contributed by atoms with E-state index in [0.29, 0.717) is 5.56 Å². The molecule has 2 N–H and O–H groups in total. The molecule has 0 atom stereocenters. The Hall–Kier alpha value is -3.70. The van der Waals surface area contributed by atoms with Gasteiger partial charge in [0.15, 0.2) is 0 Å². The number of benzene rings is 2. The lowest BCUT2D eigenvalue weighted by Crippen LogP contribution is -2.08. The summed E-state index contributed by atoms with van der Waals surface area (Å²) >= 11 is 0. The SMILES string of the molecule is NN=Cc1ccc(Oc2c([N+](=O)[O-])cc(C(F)(F)F)cc2[N+](=O)[O-])cc1. The molecule has 26 heavy (non-hydrogen) atoms. The number of hydrogen-bond donors (Lipinski definition) is 1. The standard InChI is InChI=1S/C14H9F3N4O5/c15-14(16,17)9-5-11(20(22)23)13(12(6-9)21(24)25)26-10-3-1-8(2-4-10)7-19-18/h1-7H,18H2. The number of ether oxygens (including phenoxy) is 1. The summed E-state index contributed by atoms with van der Waals surface area (Å²) in [6.07, 6.45) is -3.72. The highest BCUT2D eigenvalue weighted by Crippen LogP contribution is 2.44. The molecule has 0 fully saturated rings. The van der Waals surface area contributed by atoms with Crippen molar-refractivity contribution in [2.75, 3.05) is 0 Å². The Kier molecular flexibility index (Phi) is 5.05. The largest absolute Gasteiger partial charge is 0.444 e. The molecule has 0 spiro atoms. The van der Waals surface area contributed by atoms with Gasteiger partial charge in [0, 0.05) is 12.1 Å². The van der Waals surface area contributed by atoms with Crippen LogP contribution in [0.3, 0.4) is 0 Å². The van der Waals surface area contributed by atoms with Crippen LogP contribution in [-0.2, 0) is 6.18 Å². The van der Waals surface area contributed by atoms with Crippen molar-refractivity contribution >= 4 is 17.6 Å². The van der Waals surface area contributed by atoms with Gasteiger partial charge in [-0.3, -0.25) is 20.2 Å². The zero-order valence-corrected chi connectivity index (χ0v) is 12.6. The third-order valence-electron chi connectivity index (χ3n) is 3.09. The number of nitrogens with two attached hydrogens (primary N) is 1. The second kappa shape index (κ2) is 7.04. The van der Waals surface area contributed by atoms with E-state index in [9.17, 15) is 33.4 Å². The lowest BCUT2D eigenvalue weighted by atomic mass is 10.1. The van der Waals surface area contributed by atoms with Crippen molar-refractivity contribution < 1.29 is 27.8 Å². The van der Waals surface area contributed by atoms with Crippen LogP contribution in [0.5, 0.6) is 11.5 Å². The average molecular weight is 370 g/mol. The summed E-state index contributed by atoms with van der Waals surface area (Å²) in [5.41, 5.74) is -3.35. The lowest BCUT2D eigenvalue weighted by Gasteiger charge is -2.11. The van der Waals surface area contributed by atoms with Gasteiger partial charge in [0.05, 0.1) is 21.6 Å². The number of nitro groups is 2. The van der Waals surface area contributed by atoms with Crippen LogP contribution in [0.2, 0.25) is 0 Å². The van der Waals surface area contributed by atoms with Gasteiger partial charge in [-0.2, -0.15) is 18.3 Å². The van der Waals surface area contributed by atoms with Gasteiger partial charge in [-0.25, -0.2) is 0 Å². The molecule has 0 radical (unpaired) electrons. The lowest BCUT2D eigenvalue weighted by molar-refractivity contribution is -0.396. The van der Waals surface area contributed by atoms with Crippen LogP contribution in [0.1, 0.15) is 11.1 Å². The number of nitrogens with zero attached hydrogens (tertiary/aromatic N) is 3. The van der Waals surface area contributed by atoms with Gasteiger partial charge in [-0.15, -0.1) is 0 Å². The topological polar surface area (TPSA) is 134 Å². The second-order valence-corrected chi connectivity index (χ2v) is 4.80. The Labute approximate surface area is 142 Å². The fourth-order valence-electron chi connectivity index (χ4n) is 1.96. The molecule has 0 unspecified atom stereocenters. The molecule has 0 aliphatic rings. The third-order valence-corrected chi connectivity index (χ3v) is 3.09. The molecule has 2 rings (SSSR count). The number of hydrogen-bond acceptors (Lipinski definition) is 7. The van der Waals surface area contributed by atoms with Crippen molar-refractivity contribution in [3.63, 3.8) is 0 Å². The number of halogens is 3. The minimum absolute atomic E-state index is 0.0647. The van der Waals surface area contributed by atoms with Gasteiger partial charge in [0.1, 0.15) is 5.75 Å². The van der Waals surface area contributed by atoms with Crippen LogP contribution in [0, 0.1) is 20.2 Å². The van der Waals surface area contributed by atoms with E-state index in [-0.39, 0.29) is 17.9 Å². The van der Waals surface area contributed by atoms with Crippen molar-refractivity contribution in [3.05, 3.63) is 67.8 Å². The Bertz CT molecular complexity index is 846. The van der Waals surface area contributed by atoms with Gasteiger partial charge in [0.2, 0.25) is 0 Å². The van der Waals surface area contributed by atoms with Crippen molar-refractivity contribution in [2.24, 2.45) is 10.9 Å². The normalized spacial score (nSPS) is 11.5. The molecular weight excluding hydrogens is 361 g/mol. The number of rotatable bonds is 5. The predicted octanol–water partition coefficient (Wildman–Crippen LogP) is 3.61. The molecule has 0 aliphatic carbocycles. The summed E-state index contributed by atoms with van der Waals surface area (Å²) in [6.45, 7) is 0. The highest BCUT2D eigenvalue weighted by atomic mass is 19.4. The van der Waals surface area contributed by atoms with Gasteiger partial charge in [-0.1, -0.05) is 0 Å². The van der Waals surface area contributed by atoms with Gasteiger partial charge >= 0.3 is 17.6 Å². The first-order valence-electron chi connectivity index (χ1n) is 6.68. The van der Waals surface area contributed by atoms with Gasteiger partial charge in [0.25, 0.3) is 5.75 Å². The molecule has 0 aromatic heterocycles. The smallest absolute Gasteiger partial charge is 0.416 e. The van der Waals surface area contributed by atoms with E-state index >= 15 is 0 Å². The van der Waals surface area contributed by atoms with Crippen LogP contribution < -0.4 is 10.6 Å². The van der Waals surface area contributed by atoms with Crippen molar-refractivity contribution in [2.45, 2.75) is 6.18 Å². The maximum Gasteiger partial charge on any atom is 0.416 e. The Morgan fingerprint density at radius 2 is 1.54 bits per heavy atom. The fourth-order valence-corrected chi connectivity index (χ4v) is 1.96. The van der Waals surface area contributed by atoms with Crippen LogP contribution in [0.4, 0.5) is 24.5 Å². The third kappa shape index (κ3) is 4.03. The zero-order chi connectivity index (χ0) is 19.5. The van der Waals surface area contributed by atoms with Crippen LogP contribution in [0.15, 0.2) is 41.5 Å². The molecule has 12 heteroatoms. The monoisotopic (exact) mass is 370 g/mol. The summed E-state index contributed by atoms with van der Waals surface area (Å²) in [6, 6.07) is 5.82. The molecule has 136 valence electrons. The predicted molar refractivity (Wildman–Crippen MR) is 83.1 cm³/mol.